The lowest BCUT2D eigenvalue weighted by molar-refractivity contribution is -0.137. The third-order valence-electron chi connectivity index (χ3n) is 2.80. The summed E-state index contributed by atoms with van der Waals surface area (Å²) < 4.78 is 37.4. The van der Waals surface area contributed by atoms with E-state index in [9.17, 15) is 18.0 Å². The van der Waals surface area contributed by atoms with E-state index in [0.29, 0.717) is 12.4 Å². The Morgan fingerprint density at radius 2 is 1.91 bits per heavy atom. The van der Waals surface area contributed by atoms with E-state index < -0.39 is 17.6 Å². The number of alkyl halides is 3. The van der Waals surface area contributed by atoms with Crippen LogP contribution < -0.4 is 10.6 Å². The monoisotopic (exact) mass is 322 g/mol. The Kier molecular flexibility index (Phi) is 4.95. The lowest BCUT2D eigenvalue weighted by Gasteiger charge is -2.09. The highest BCUT2D eigenvalue weighted by molar-refractivity contribution is 6.03. The maximum absolute atomic E-state index is 12.5. The molecule has 0 unspecified atom stereocenters. The first-order chi connectivity index (χ1) is 10.9. The first-order valence-corrected chi connectivity index (χ1v) is 6.55. The Labute approximate surface area is 130 Å². The van der Waals surface area contributed by atoms with Crippen LogP contribution in [-0.2, 0) is 6.18 Å². The molecule has 0 bridgehead atoms. The molecule has 0 spiro atoms. The number of nitrogens with zero attached hydrogens (tertiary/aromatic N) is 2. The van der Waals surface area contributed by atoms with Gasteiger partial charge in [0, 0.05) is 18.3 Å². The third kappa shape index (κ3) is 4.53. The number of benzene rings is 1. The largest absolute Gasteiger partial charge is 0.416 e. The standard InChI is InChI=1S/C15H13F3N4O/c1-2-7-19-13-8-12(20-9-21-13)14(23)22-11-5-3-10(4-6-11)15(16,17)18/h2-6,8-9H,1,7H2,(H,22,23)(H,19,20,21). The molecular weight excluding hydrogens is 309 g/mol. The van der Waals surface area contributed by atoms with E-state index in [1.54, 1.807) is 6.08 Å². The lowest BCUT2D eigenvalue weighted by Crippen LogP contribution is -2.15. The van der Waals surface area contributed by atoms with E-state index in [-0.39, 0.29) is 11.4 Å². The van der Waals surface area contributed by atoms with Crippen LogP contribution >= 0.6 is 0 Å². The molecule has 0 radical (unpaired) electrons. The minimum absolute atomic E-state index is 0.0893. The number of nitrogens with one attached hydrogen (secondary N) is 2. The van der Waals surface area contributed by atoms with Crippen LogP contribution in [0.5, 0.6) is 0 Å². The fraction of sp³-hybridized carbons (Fsp3) is 0.133. The molecule has 0 aliphatic carbocycles. The van der Waals surface area contributed by atoms with E-state index in [2.05, 4.69) is 27.2 Å². The molecule has 1 aromatic carbocycles. The van der Waals surface area contributed by atoms with Gasteiger partial charge in [-0.25, -0.2) is 9.97 Å². The van der Waals surface area contributed by atoms with Crippen molar-refractivity contribution in [3.8, 4) is 0 Å². The van der Waals surface area contributed by atoms with Gasteiger partial charge in [-0.15, -0.1) is 6.58 Å². The van der Waals surface area contributed by atoms with Gasteiger partial charge in [-0.1, -0.05) is 6.08 Å². The van der Waals surface area contributed by atoms with Gasteiger partial charge in [0.1, 0.15) is 17.8 Å². The van der Waals surface area contributed by atoms with E-state index >= 15 is 0 Å². The molecule has 0 atom stereocenters. The highest BCUT2D eigenvalue weighted by atomic mass is 19.4. The molecule has 1 heterocycles. The topological polar surface area (TPSA) is 66.9 Å². The summed E-state index contributed by atoms with van der Waals surface area (Å²) in [5.41, 5.74) is -0.456. The fourth-order valence-corrected chi connectivity index (χ4v) is 1.69. The van der Waals surface area contributed by atoms with Crippen molar-refractivity contribution >= 4 is 17.4 Å². The normalized spacial score (nSPS) is 10.9. The van der Waals surface area contributed by atoms with Crippen LogP contribution in [0.3, 0.4) is 0 Å². The second-order valence-electron chi connectivity index (χ2n) is 4.49. The van der Waals surface area contributed by atoms with Gasteiger partial charge < -0.3 is 10.6 Å². The predicted molar refractivity (Wildman–Crippen MR) is 80.1 cm³/mol. The summed E-state index contributed by atoms with van der Waals surface area (Å²) in [5, 5.41) is 5.38. The van der Waals surface area contributed by atoms with E-state index in [1.807, 2.05) is 0 Å². The summed E-state index contributed by atoms with van der Waals surface area (Å²) in [5.74, 6) is -0.105. The molecule has 2 rings (SSSR count). The van der Waals surface area contributed by atoms with Crippen LogP contribution in [0.15, 0.2) is 49.3 Å². The average molecular weight is 322 g/mol. The summed E-state index contributed by atoms with van der Waals surface area (Å²) in [6, 6.07) is 5.58. The van der Waals surface area contributed by atoms with Crippen molar-refractivity contribution < 1.29 is 18.0 Å². The van der Waals surface area contributed by atoms with Gasteiger partial charge in [-0.05, 0) is 24.3 Å². The zero-order valence-electron chi connectivity index (χ0n) is 11.9. The van der Waals surface area contributed by atoms with Crippen molar-refractivity contribution in [2.45, 2.75) is 6.18 Å². The van der Waals surface area contributed by atoms with Crippen LogP contribution in [0, 0.1) is 0 Å². The zero-order valence-corrected chi connectivity index (χ0v) is 11.9. The van der Waals surface area contributed by atoms with Crippen molar-refractivity contribution in [3.05, 3.63) is 60.6 Å². The molecule has 2 N–H and O–H groups in total. The van der Waals surface area contributed by atoms with Gasteiger partial charge in [-0.2, -0.15) is 13.2 Å². The number of anilines is 2. The van der Waals surface area contributed by atoms with Gasteiger partial charge >= 0.3 is 6.18 Å². The minimum Gasteiger partial charge on any atom is -0.366 e. The molecule has 0 aliphatic rings. The van der Waals surface area contributed by atoms with Crippen LogP contribution in [0.1, 0.15) is 16.1 Å². The maximum atomic E-state index is 12.5. The quantitative estimate of drug-likeness (QED) is 0.829. The number of hydrogen-bond donors (Lipinski definition) is 2. The number of aromatic nitrogens is 2. The number of carbonyl (C=O) groups excluding carboxylic acids is 1. The Bertz CT molecular complexity index is 699. The maximum Gasteiger partial charge on any atom is 0.416 e. The lowest BCUT2D eigenvalue weighted by atomic mass is 10.2. The Morgan fingerprint density at radius 3 is 2.52 bits per heavy atom. The first kappa shape index (κ1) is 16.5. The fourth-order valence-electron chi connectivity index (χ4n) is 1.69. The number of rotatable bonds is 5. The molecular formula is C15H13F3N4O. The molecule has 1 aromatic heterocycles. The molecule has 0 saturated carbocycles. The summed E-state index contributed by atoms with van der Waals surface area (Å²) >= 11 is 0. The Morgan fingerprint density at radius 1 is 1.22 bits per heavy atom. The Balaban J connectivity index is 2.08. The van der Waals surface area contributed by atoms with Crippen LogP contribution in [-0.4, -0.2) is 22.4 Å². The number of carbonyl (C=O) groups is 1. The predicted octanol–water partition coefficient (Wildman–Crippen LogP) is 3.35. The first-order valence-electron chi connectivity index (χ1n) is 6.55. The second kappa shape index (κ2) is 6.91. The second-order valence-corrected chi connectivity index (χ2v) is 4.49. The Hall–Kier alpha value is -2.90. The highest BCUT2D eigenvalue weighted by Crippen LogP contribution is 2.29. The van der Waals surface area contributed by atoms with E-state index in [0.717, 1.165) is 12.1 Å². The van der Waals surface area contributed by atoms with Crippen molar-refractivity contribution in [3.63, 3.8) is 0 Å². The molecule has 2 aromatic rings. The molecule has 0 aliphatic heterocycles. The molecule has 0 saturated heterocycles. The summed E-state index contributed by atoms with van der Waals surface area (Å²) in [6.45, 7) is 4.02. The van der Waals surface area contributed by atoms with Crippen LogP contribution in [0.25, 0.3) is 0 Å². The van der Waals surface area contributed by atoms with Gasteiger partial charge in [0.2, 0.25) is 0 Å². The van der Waals surface area contributed by atoms with Crippen molar-refractivity contribution in [2.75, 3.05) is 17.2 Å². The van der Waals surface area contributed by atoms with Gasteiger partial charge in [0.05, 0.1) is 5.56 Å². The molecule has 120 valence electrons. The molecule has 8 heteroatoms. The van der Waals surface area contributed by atoms with Gasteiger partial charge in [0.25, 0.3) is 5.91 Å². The molecule has 1 amide bonds. The number of amides is 1. The van der Waals surface area contributed by atoms with Crippen LogP contribution in [0.2, 0.25) is 0 Å². The SMILES string of the molecule is C=CCNc1cc(C(=O)Nc2ccc(C(F)(F)F)cc2)ncn1. The van der Waals surface area contributed by atoms with E-state index in [4.69, 9.17) is 0 Å². The molecule has 23 heavy (non-hydrogen) atoms. The summed E-state index contributed by atoms with van der Waals surface area (Å²) in [7, 11) is 0. The average Bonchev–Trinajstić information content (AvgIpc) is 2.53. The van der Waals surface area contributed by atoms with Crippen molar-refractivity contribution in [2.24, 2.45) is 0 Å². The summed E-state index contributed by atoms with van der Waals surface area (Å²) in [6.07, 6.45) is -1.57. The molecule has 0 fully saturated rings. The summed E-state index contributed by atoms with van der Waals surface area (Å²) in [4.78, 5) is 19.8. The number of hydrogen-bond acceptors (Lipinski definition) is 4. The van der Waals surface area contributed by atoms with Crippen molar-refractivity contribution in [1.29, 1.82) is 0 Å². The zero-order chi connectivity index (χ0) is 16.9. The highest BCUT2D eigenvalue weighted by Gasteiger charge is 2.30. The minimum atomic E-state index is -4.42. The molecule has 5 nitrogen and oxygen atoms in total. The van der Waals surface area contributed by atoms with Crippen LogP contribution in [0.4, 0.5) is 24.7 Å². The van der Waals surface area contributed by atoms with Gasteiger partial charge in [-0.3, -0.25) is 4.79 Å². The third-order valence-corrected chi connectivity index (χ3v) is 2.80. The van der Waals surface area contributed by atoms with Crippen molar-refractivity contribution in [1.82, 2.24) is 9.97 Å². The number of halogens is 3. The smallest absolute Gasteiger partial charge is 0.366 e. The van der Waals surface area contributed by atoms with E-state index in [1.165, 1.54) is 24.5 Å². The van der Waals surface area contributed by atoms with Gasteiger partial charge in [0.15, 0.2) is 0 Å².